The van der Waals surface area contributed by atoms with Crippen LogP contribution in [0.1, 0.15) is 0 Å². The lowest BCUT2D eigenvalue weighted by Gasteiger charge is -1.92. The highest BCUT2D eigenvalue weighted by atomic mass is 35.5. The van der Waals surface area contributed by atoms with Crippen LogP contribution in [0, 0.1) is 12.3 Å². The number of hydrogen-bond donors (Lipinski definition) is 0. The number of ether oxygens (including phenoxy) is 1. The Hall–Kier alpha value is -0.680. The SMILES string of the molecule is C#CC(Cl)OC=O. The predicted molar refractivity (Wildman–Crippen MR) is 25.6 cm³/mol. The summed E-state index contributed by atoms with van der Waals surface area (Å²) in [6, 6.07) is 0. The molecule has 0 aromatic rings. The predicted octanol–water partition coefficient (Wildman–Crippen LogP) is 0.357. The first kappa shape index (κ1) is 6.32. The van der Waals surface area contributed by atoms with Crippen molar-refractivity contribution in [3.05, 3.63) is 0 Å². The Balaban J connectivity index is 3.21. The third-order valence-corrected chi connectivity index (χ3v) is 0.535. The summed E-state index contributed by atoms with van der Waals surface area (Å²) in [5, 5.41) is 0. The fourth-order valence-electron chi connectivity index (χ4n) is 0.0881. The number of alkyl halides is 1. The number of terminal acetylenes is 1. The van der Waals surface area contributed by atoms with Crippen molar-refractivity contribution >= 4 is 18.1 Å². The molecular weight excluding hydrogens is 115 g/mol. The molecule has 0 spiro atoms. The van der Waals surface area contributed by atoms with Crippen molar-refractivity contribution in [3.8, 4) is 12.3 Å². The van der Waals surface area contributed by atoms with Crippen LogP contribution >= 0.6 is 11.6 Å². The quantitative estimate of drug-likeness (QED) is 0.297. The molecule has 0 N–H and O–H groups in total. The Morgan fingerprint density at radius 1 is 2.00 bits per heavy atom. The van der Waals surface area contributed by atoms with Crippen LogP contribution in [-0.4, -0.2) is 12.0 Å². The largest absolute Gasteiger partial charge is 0.436 e. The number of carbonyl (C=O) groups is 1. The second-order valence-corrected chi connectivity index (χ2v) is 1.11. The highest BCUT2D eigenvalue weighted by Gasteiger charge is 1.92. The molecule has 0 saturated carbocycles. The molecular formula is C4H3ClO2. The van der Waals surface area contributed by atoms with E-state index in [1.54, 1.807) is 0 Å². The monoisotopic (exact) mass is 118 g/mol. The molecule has 2 nitrogen and oxygen atoms in total. The van der Waals surface area contributed by atoms with Gasteiger partial charge in [0.1, 0.15) is 0 Å². The summed E-state index contributed by atoms with van der Waals surface area (Å²) in [6.45, 7) is 0.206. The highest BCUT2D eigenvalue weighted by molar-refractivity contribution is 6.21. The van der Waals surface area contributed by atoms with Crippen molar-refractivity contribution in [3.63, 3.8) is 0 Å². The van der Waals surface area contributed by atoms with Crippen LogP contribution < -0.4 is 0 Å². The average molecular weight is 119 g/mol. The Morgan fingerprint density at radius 3 is 2.71 bits per heavy atom. The molecule has 0 aliphatic rings. The molecule has 7 heavy (non-hydrogen) atoms. The van der Waals surface area contributed by atoms with Crippen molar-refractivity contribution in [2.75, 3.05) is 0 Å². The van der Waals surface area contributed by atoms with Gasteiger partial charge in [-0.05, 0) is 5.92 Å². The summed E-state index contributed by atoms with van der Waals surface area (Å²) >= 11 is 5.08. The summed E-state index contributed by atoms with van der Waals surface area (Å²) in [5.74, 6) is 1.98. The van der Waals surface area contributed by atoms with Gasteiger partial charge in [0.15, 0.2) is 0 Å². The summed E-state index contributed by atoms with van der Waals surface area (Å²) in [5.41, 5.74) is -0.919. The van der Waals surface area contributed by atoms with E-state index in [-0.39, 0.29) is 6.47 Å². The maximum Gasteiger partial charge on any atom is 0.295 e. The van der Waals surface area contributed by atoms with Crippen LogP contribution in [0.3, 0.4) is 0 Å². The minimum atomic E-state index is -0.919. The van der Waals surface area contributed by atoms with Gasteiger partial charge in [0.2, 0.25) is 5.56 Å². The van der Waals surface area contributed by atoms with Crippen molar-refractivity contribution in [2.45, 2.75) is 5.56 Å². The molecule has 1 unspecified atom stereocenters. The van der Waals surface area contributed by atoms with Crippen LogP contribution in [0.2, 0.25) is 0 Å². The third-order valence-electron chi connectivity index (χ3n) is 0.306. The van der Waals surface area contributed by atoms with Gasteiger partial charge in [-0.2, -0.15) is 0 Å². The van der Waals surface area contributed by atoms with Crippen molar-refractivity contribution in [1.82, 2.24) is 0 Å². The zero-order chi connectivity index (χ0) is 5.70. The minimum Gasteiger partial charge on any atom is -0.436 e. The van der Waals surface area contributed by atoms with Crippen molar-refractivity contribution in [1.29, 1.82) is 0 Å². The molecule has 0 fully saturated rings. The van der Waals surface area contributed by atoms with Crippen LogP contribution in [-0.2, 0) is 9.53 Å². The van der Waals surface area contributed by atoms with E-state index < -0.39 is 5.56 Å². The Kier molecular flexibility index (Phi) is 3.17. The Bertz CT molecular complexity index is 94.4. The van der Waals surface area contributed by atoms with E-state index in [1.165, 1.54) is 0 Å². The van der Waals surface area contributed by atoms with E-state index in [0.717, 1.165) is 0 Å². The molecule has 0 amide bonds. The number of hydrogen-bond acceptors (Lipinski definition) is 2. The summed E-state index contributed by atoms with van der Waals surface area (Å²) in [6.07, 6.45) is 4.69. The smallest absolute Gasteiger partial charge is 0.295 e. The molecule has 0 aromatic carbocycles. The summed E-state index contributed by atoms with van der Waals surface area (Å²) in [4.78, 5) is 9.37. The van der Waals surface area contributed by atoms with Crippen LogP contribution in [0.15, 0.2) is 0 Å². The van der Waals surface area contributed by atoms with Gasteiger partial charge in [-0.1, -0.05) is 11.6 Å². The second-order valence-electron chi connectivity index (χ2n) is 0.715. The van der Waals surface area contributed by atoms with Crippen LogP contribution in [0.25, 0.3) is 0 Å². The fraction of sp³-hybridized carbons (Fsp3) is 0.250. The summed E-state index contributed by atoms with van der Waals surface area (Å²) in [7, 11) is 0. The zero-order valence-corrected chi connectivity index (χ0v) is 4.18. The topological polar surface area (TPSA) is 26.3 Å². The van der Waals surface area contributed by atoms with Crippen molar-refractivity contribution in [2.24, 2.45) is 0 Å². The van der Waals surface area contributed by atoms with Crippen LogP contribution in [0.5, 0.6) is 0 Å². The van der Waals surface area contributed by atoms with Crippen LogP contribution in [0.4, 0.5) is 0 Å². The van der Waals surface area contributed by atoms with Gasteiger partial charge in [0.05, 0.1) is 0 Å². The zero-order valence-electron chi connectivity index (χ0n) is 3.43. The number of halogens is 1. The minimum absolute atomic E-state index is 0.206. The highest BCUT2D eigenvalue weighted by Crippen LogP contribution is 1.90. The first-order valence-corrected chi connectivity index (χ1v) is 1.94. The van der Waals surface area contributed by atoms with E-state index in [4.69, 9.17) is 18.0 Å². The average Bonchev–Trinajstić information content (AvgIpc) is 1.68. The molecule has 38 valence electrons. The number of rotatable bonds is 2. The molecule has 0 radical (unpaired) electrons. The molecule has 0 rings (SSSR count). The molecule has 0 bridgehead atoms. The Morgan fingerprint density at radius 2 is 2.57 bits per heavy atom. The maximum atomic E-state index is 9.37. The maximum absolute atomic E-state index is 9.37. The van der Waals surface area contributed by atoms with Gasteiger partial charge in [-0.25, -0.2) is 0 Å². The van der Waals surface area contributed by atoms with Gasteiger partial charge in [-0.15, -0.1) is 6.42 Å². The molecule has 0 aromatic heterocycles. The molecule has 1 atom stereocenters. The summed E-state index contributed by atoms with van der Waals surface area (Å²) < 4.78 is 4.04. The van der Waals surface area contributed by atoms with E-state index in [9.17, 15) is 4.79 Å². The Labute approximate surface area is 46.4 Å². The molecule has 0 saturated heterocycles. The lowest BCUT2D eigenvalue weighted by molar-refractivity contribution is -0.128. The number of carbonyl (C=O) groups excluding carboxylic acids is 1. The fourth-order valence-corrected chi connectivity index (χ4v) is 0.130. The molecule has 0 heterocycles. The second kappa shape index (κ2) is 3.51. The van der Waals surface area contributed by atoms with Gasteiger partial charge in [0, 0.05) is 0 Å². The molecule has 3 heteroatoms. The van der Waals surface area contributed by atoms with E-state index in [2.05, 4.69) is 4.74 Å². The molecule has 0 aliphatic heterocycles. The first-order valence-electron chi connectivity index (χ1n) is 1.50. The third kappa shape index (κ3) is 3.14. The molecule has 0 aliphatic carbocycles. The van der Waals surface area contributed by atoms with Crippen molar-refractivity contribution < 1.29 is 9.53 Å². The lowest BCUT2D eigenvalue weighted by Crippen LogP contribution is -1.97. The normalized spacial score (nSPS) is 11.4. The van der Waals surface area contributed by atoms with Gasteiger partial charge >= 0.3 is 0 Å². The van der Waals surface area contributed by atoms with E-state index in [0.29, 0.717) is 0 Å². The van der Waals surface area contributed by atoms with Gasteiger partial charge < -0.3 is 4.74 Å². The first-order chi connectivity index (χ1) is 3.31. The van der Waals surface area contributed by atoms with E-state index >= 15 is 0 Å². The van der Waals surface area contributed by atoms with E-state index in [1.807, 2.05) is 5.92 Å². The van der Waals surface area contributed by atoms with Gasteiger partial charge in [-0.3, -0.25) is 4.79 Å². The standard InChI is InChI=1S/C4H3ClO2/c1-2-4(5)7-3-6/h1,3-4H. The lowest BCUT2D eigenvalue weighted by atomic mass is 10.7. The van der Waals surface area contributed by atoms with Gasteiger partial charge in [0.25, 0.3) is 6.47 Å².